The van der Waals surface area contributed by atoms with Crippen LogP contribution < -0.4 is 31.7 Å². The molecule has 29 nitrogen and oxygen atoms in total. The Morgan fingerprint density at radius 1 is 0.683 bits per heavy atom. The number of carbonyl (C=O) groups is 10. The molecule has 3 atom stereocenters. The van der Waals surface area contributed by atoms with Crippen molar-refractivity contribution >= 4 is 82.1 Å². The maximum Gasteiger partial charge on any atom is 0.335 e. The number of hydrogen-bond acceptors (Lipinski definition) is 21. The van der Waals surface area contributed by atoms with Gasteiger partial charge in [-0.25, -0.2) is 19.6 Å². The van der Waals surface area contributed by atoms with Gasteiger partial charge in [-0.3, -0.25) is 58.0 Å². The average Bonchev–Trinajstić information content (AvgIpc) is 4.02. The van der Waals surface area contributed by atoms with E-state index in [-0.39, 0.29) is 164 Å². The number of nitrogens with zero attached hydrogens (tertiary/aromatic N) is 9. The third-order valence-corrected chi connectivity index (χ3v) is 13.5. The molecule has 82 heavy (non-hydrogen) atoms. The van der Waals surface area contributed by atoms with Crippen LogP contribution in [0.2, 0.25) is 0 Å². The van der Waals surface area contributed by atoms with E-state index in [9.17, 15) is 68.4 Å². The molecule has 2 aliphatic heterocycles. The minimum atomic E-state index is -1.40. The molecule has 2 aromatic carbocycles. The molecule has 2 fully saturated rings. The van der Waals surface area contributed by atoms with Crippen molar-refractivity contribution in [2.45, 2.75) is 70.1 Å². The number of aromatic nitrogens is 4. The zero-order chi connectivity index (χ0) is 59.3. The molecule has 4 amide bonds. The number of likely N-dealkylation sites (tertiary alicyclic amines) is 1. The molecule has 2 aliphatic rings. The number of nitrogens with one attached hydrogen (secondary N) is 4. The first-order valence-electron chi connectivity index (χ1n) is 26.6. The number of nitrogens with two attached hydrogens (primary N) is 1. The van der Waals surface area contributed by atoms with Gasteiger partial charge >= 0.3 is 29.8 Å². The van der Waals surface area contributed by atoms with Crippen LogP contribution in [0.1, 0.15) is 71.9 Å². The summed E-state index contributed by atoms with van der Waals surface area (Å²) in [6.45, 7) is 2.85. The number of fused-ring (bicyclic) bond motifs is 1. The highest BCUT2D eigenvalue weighted by molar-refractivity contribution is 5.99. The zero-order valence-corrected chi connectivity index (χ0v) is 45.2. The molecular formula is C53H68N14O15. The van der Waals surface area contributed by atoms with Crippen LogP contribution in [0.15, 0.2) is 60.8 Å². The second-order valence-electron chi connectivity index (χ2n) is 19.7. The van der Waals surface area contributed by atoms with Gasteiger partial charge in [0.2, 0.25) is 17.8 Å². The number of rotatable bonds is 26. The van der Waals surface area contributed by atoms with Crippen molar-refractivity contribution < 1.29 is 73.1 Å². The fourth-order valence-corrected chi connectivity index (χ4v) is 9.13. The molecule has 4 heterocycles. The van der Waals surface area contributed by atoms with Crippen LogP contribution in [0.3, 0.4) is 0 Å². The third-order valence-electron chi connectivity index (χ3n) is 13.5. The van der Waals surface area contributed by atoms with Crippen LogP contribution in [0.4, 0.5) is 11.6 Å². The first-order chi connectivity index (χ1) is 39.2. The summed E-state index contributed by atoms with van der Waals surface area (Å²) >= 11 is 0. The number of ether oxygens (including phenoxy) is 1. The highest BCUT2D eigenvalue weighted by atomic mass is 16.5. The fraction of sp³-hybridized carbons (Fsp3) is 0.472. The summed E-state index contributed by atoms with van der Waals surface area (Å²) in [5.74, 6) is -8.16. The van der Waals surface area contributed by atoms with Crippen LogP contribution in [0, 0.1) is 0 Å². The Hall–Kier alpha value is -8.80. The summed E-state index contributed by atoms with van der Waals surface area (Å²) in [5.41, 5.74) is 7.37. The van der Waals surface area contributed by atoms with Crippen molar-refractivity contribution in [3.63, 3.8) is 0 Å². The van der Waals surface area contributed by atoms with E-state index in [1.165, 1.54) is 30.2 Å². The lowest BCUT2D eigenvalue weighted by Gasteiger charge is -2.32. The second-order valence-corrected chi connectivity index (χ2v) is 19.7. The van der Waals surface area contributed by atoms with Crippen LogP contribution in [-0.2, 0) is 44.9 Å². The van der Waals surface area contributed by atoms with E-state index < -0.39 is 65.7 Å². The number of Topliss-reactive ketones (excluding diaryl/α,β-unsaturated/α-hetero) is 1. The van der Waals surface area contributed by atoms with E-state index in [0.29, 0.717) is 29.8 Å². The van der Waals surface area contributed by atoms with E-state index in [1.807, 2.05) is 0 Å². The highest BCUT2D eigenvalue weighted by Gasteiger charge is 2.38. The maximum atomic E-state index is 13.6. The molecule has 0 spiro atoms. The lowest BCUT2D eigenvalue weighted by Crippen LogP contribution is -2.51. The van der Waals surface area contributed by atoms with Crippen LogP contribution in [0.25, 0.3) is 11.2 Å². The van der Waals surface area contributed by atoms with Crippen molar-refractivity contribution in [1.82, 2.24) is 60.4 Å². The molecular weight excluding hydrogens is 1070 g/mol. The largest absolute Gasteiger partial charge is 0.480 e. The topological polar surface area (TPSA) is 403 Å². The molecule has 0 saturated carbocycles. The van der Waals surface area contributed by atoms with Gasteiger partial charge in [0.25, 0.3) is 17.7 Å². The molecule has 440 valence electrons. The standard InChI is InChI=1S/C53H68N14O15/c1-33(58-47(76)34-7-3-2-4-8-34)50(78)67-18-6-10-40(67)52(81)82-49-45-46(61-53(54)62-49)57-28-37(59-45)27-56-36-13-11-35(12-14-36)48(77)60-39(51(79)80)16-15-38(68)9-5-17-55-41(69)29-63-19-21-64(30-42(70)71)23-25-66(32-44(74)75)26-24-65(22-20-63)31-43(72)73/h2-4,7-8,11-14,28,33,39-40,56H,5-6,9-10,15-27,29-32H2,1H3,(H,55,69)(H,58,76)(H,60,77)(H,70,71)(H,72,73)(H,74,75)(H,79,80)(H2,54,57,61,62)/t33-,39+,40+/m1/s1. The lowest BCUT2D eigenvalue weighted by atomic mass is 10.1. The SMILES string of the molecule is C[C@@H](NC(=O)c1ccccc1)C(=O)N1CCC[C@H]1C(=O)Oc1nc(N)nc2ncc(CNc3ccc(C(=O)N[C@@H](CCC(=O)CCCNC(=O)CN4CCN(CC(=O)O)CCN(CC(=O)O)CCN(CC(=O)O)CC4)C(=O)O)cc3)nc12. The van der Waals surface area contributed by atoms with Gasteiger partial charge in [-0.1, -0.05) is 18.2 Å². The molecule has 2 saturated heterocycles. The minimum absolute atomic E-state index is 0.00982. The maximum absolute atomic E-state index is 13.6. The number of hydrogen-bond donors (Lipinski definition) is 9. The van der Waals surface area contributed by atoms with Gasteiger partial charge in [0.05, 0.1) is 44.6 Å². The van der Waals surface area contributed by atoms with E-state index in [4.69, 9.17) is 10.5 Å². The summed E-state index contributed by atoms with van der Waals surface area (Å²) in [7, 11) is 0. The minimum Gasteiger partial charge on any atom is -0.480 e. The van der Waals surface area contributed by atoms with Crippen molar-refractivity contribution in [1.29, 1.82) is 0 Å². The van der Waals surface area contributed by atoms with Crippen LogP contribution in [0.5, 0.6) is 5.88 Å². The molecule has 0 unspecified atom stereocenters. The Kier molecular flexibility index (Phi) is 23.4. The predicted molar refractivity (Wildman–Crippen MR) is 291 cm³/mol. The second kappa shape index (κ2) is 30.7. The van der Waals surface area contributed by atoms with Gasteiger partial charge in [0.1, 0.15) is 23.9 Å². The van der Waals surface area contributed by atoms with Crippen LogP contribution >= 0.6 is 0 Å². The molecule has 29 heteroatoms. The Balaban J connectivity index is 0.941. The van der Waals surface area contributed by atoms with Crippen molar-refractivity contribution in [2.24, 2.45) is 0 Å². The Morgan fingerprint density at radius 2 is 1.24 bits per heavy atom. The molecule has 0 aliphatic carbocycles. The van der Waals surface area contributed by atoms with Crippen molar-refractivity contribution in [3.8, 4) is 5.88 Å². The molecule has 10 N–H and O–H groups in total. The number of aliphatic carboxylic acids is 4. The normalized spacial score (nSPS) is 16.6. The number of ketones is 1. The van der Waals surface area contributed by atoms with E-state index in [0.717, 1.165) is 0 Å². The smallest absolute Gasteiger partial charge is 0.335 e. The molecule has 0 bridgehead atoms. The van der Waals surface area contributed by atoms with Gasteiger partial charge in [-0.05, 0) is 69.0 Å². The highest BCUT2D eigenvalue weighted by Crippen LogP contribution is 2.25. The summed E-state index contributed by atoms with van der Waals surface area (Å²) in [6.07, 6.45) is 2.10. The van der Waals surface area contributed by atoms with E-state index in [1.54, 1.807) is 62.1 Å². The summed E-state index contributed by atoms with van der Waals surface area (Å²) in [5, 5.41) is 49.3. The summed E-state index contributed by atoms with van der Waals surface area (Å²) in [4.78, 5) is 151. The molecule has 4 aromatic rings. The Bertz CT molecular complexity index is 2900. The lowest BCUT2D eigenvalue weighted by molar-refractivity contribution is -0.146. The van der Waals surface area contributed by atoms with Crippen molar-refractivity contribution in [3.05, 3.63) is 77.6 Å². The summed E-state index contributed by atoms with van der Waals surface area (Å²) in [6, 6.07) is 11.2. The number of carbonyl (C=O) groups excluding carboxylic acids is 6. The van der Waals surface area contributed by atoms with Gasteiger partial charge in [-0.2, -0.15) is 9.97 Å². The first-order valence-corrected chi connectivity index (χ1v) is 26.6. The van der Waals surface area contributed by atoms with Gasteiger partial charge in [-0.15, -0.1) is 0 Å². The van der Waals surface area contributed by atoms with E-state index >= 15 is 0 Å². The number of benzene rings is 2. The Morgan fingerprint density at radius 3 is 1.82 bits per heavy atom. The number of amides is 4. The van der Waals surface area contributed by atoms with Gasteiger partial charge in [0.15, 0.2) is 11.2 Å². The molecule has 2 aromatic heterocycles. The number of esters is 1. The third kappa shape index (κ3) is 19.8. The summed E-state index contributed by atoms with van der Waals surface area (Å²) < 4.78 is 5.70. The van der Waals surface area contributed by atoms with Gasteiger partial charge < -0.3 is 57.1 Å². The number of anilines is 2. The Labute approximate surface area is 470 Å². The van der Waals surface area contributed by atoms with E-state index in [2.05, 4.69) is 41.2 Å². The first kappa shape index (κ1) is 62.4. The number of carboxylic acid groups (broad SMARTS) is 4. The monoisotopic (exact) mass is 1140 g/mol. The average molecular weight is 1140 g/mol. The quantitative estimate of drug-likeness (QED) is 0.0275. The zero-order valence-electron chi connectivity index (χ0n) is 45.2. The predicted octanol–water partition coefficient (Wildman–Crippen LogP) is -0.767. The molecule has 0 radical (unpaired) electrons. The fourth-order valence-electron chi connectivity index (χ4n) is 9.13. The van der Waals surface area contributed by atoms with Crippen LogP contribution in [-0.4, -0.2) is 234 Å². The molecule has 6 rings (SSSR count). The van der Waals surface area contributed by atoms with Crippen molar-refractivity contribution in [2.75, 3.05) is 103 Å². The number of nitrogen functional groups attached to an aromatic ring is 1. The van der Waals surface area contributed by atoms with Gasteiger partial charge in [0, 0.05) is 95.1 Å². The number of carboxylic acids is 4.